The van der Waals surface area contributed by atoms with Gasteiger partial charge in [0.2, 0.25) is 0 Å². The van der Waals surface area contributed by atoms with Gasteiger partial charge in [0, 0.05) is 23.3 Å². The van der Waals surface area contributed by atoms with Gasteiger partial charge in [-0.15, -0.1) is 0 Å². The van der Waals surface area contributed by atoms with Crippen molar-refractivity contribution in [1.82, 2.24) is 0 Å². The van der Waals surface area contributed by atoms with Gasteiger partial charge in [-0.1, -0.05) is 0 Å². The van der Waals surface area contributed by atoms with Crippen LogP contribution in [0, 0.1) is 0 Å². The highest BCUT2D eigenvalue weighted by Crippen LogP contribution is 2.37. The summed E-state index contributed by atoms with van der Waals surface area (Å²) in [5, 5.41) is 19.6. The summed E-state index contributed by atoms with van der Waals surface area (Å²) in [5.41, 5.74) is 0.0126. The van der Waals surface area contributed by atoms with Gasteiger partial charge in [0.25, 0.3) is 20.2 Å². The van der Waals surface area contributed by atoms with Gasteiger partial charge in [0.1, 0.15) is 11.5 Å². The molecule has 0 saturated heterocycles. The Kier molecular flexibility index (Phi) is 3.87. The lowest BCUT2D eigenvalue weighted by molar-refractivity contribution is 0.462. The van der Waals surface area contributed by atoms with Crippen LogP contribution < -0.4 is 0 Å². The monoisotopic (exact) mass is 346 g/mol. The molecule has 2 aromatic rings. The van der Waals surface area contributed by atoms with E-state index in [1.165, 1.54) is 0 Å². The normalized spacial score (nSPS) is 12.3. The fourth-order valence-electron chi connectivity index (χ4n) is 1.80. The van der Waals surface area contributed by atoms with Crippen molar-refractivity contribution in [2.24, 2.45) is 0 Å². The summed E-state index contributed by atoms with van der Waals surface area (Å²) in [6, 6.07) is 5.81. The van der Waals surface area contributed by atoms with Gasteiger partial charge in [-0.3, -0.25) is 9.11 Å². The molecule has 0 unspecified atom stereocenters. The molecule has 0 spiro atoms. The van der Waals surface area contributed by atoms with E-state index in [0.717, 1.165) is 36.4 Å². The predicted molar refractivity (Wildman–Crippen MR) is 74.8 cm³/mol. The zero-order valence-electron chi connectivity index (χ0n) is 10.7. The minimum Gasteiger partial charge on any atom is -0.507 e. The third kappa shape index (κ3) is 3.20. The Morgan fingerprint density at radius 2 is 0.955 bits per heavy atom. The maximum absolute atomic E-state index is 11.0. The molecule has 4 N–H and O–H groups in total. The maximum Gasteiger partial charge on any atom is 0.294 e. The molecule has 10 heteroatoms. The second-order valence-corrected chi connectivity index (χ2v) is 7.15. The van der Waals surface area contributed by atoms with E-state index in [1.54, 1.807) is 0 Å². The molecule has 0 aliphatic carbocycles. The summed E-state index contributed by atoms with van der Waals surface area (Å²) in [5.74, 6) is -1.10. The van der Waals surface area contributed by atoms with Crippen LogP contribution in [0.1, 0.15) is 0 Å². The lowest BCUT2D eigenvalue weighted by Crippen LogP contribution is -1.99. The van der Waals surface area contributed by atoms with Crippen molar-refractivity contribution in [2.45, 2.75) is 9.79 Å². The molecular weight excluding hydrogens is 336 g/mol. The van der Waals surface area contributed by atoms with E-state index in [-0.39, 0.29) is 11.1 Å². The summed E-state index contributed by atoms with van der Waals surface area (Å²) in [6.07, 6.45) is 0. The highest BCUT2D eigenvalue weighted by atomic mass is 32.2. The quantitative estimate of drug-likeness (QED) is 0.607. The lowest BCUT2D eigenvalue weighted by Gasteiger charge is -2.09. The first-order chi connectivity index (χ1) is 10.00. The van der Waals surface area contributed by atoms with E-state index in [4.69, 9.17) is 9.11 Å². The largest absolute Gasteiger partial charge is 0.507 e. The molecule has 0 aliphatic heterocycles. The van der Waals surface area contributed by atoms with E-state index in [9.17, 15) is 27.0 Å². The summed E-state index contributed by atoms with van der Waals surface area (Å²) in [4.78, 5) is -1.08. The summed E-state index contributed by atoms with van der Waals surface area (Å²) in [7, 11) is -8.99. The van der Waals surface area contributed by atoms with E-state index >= 15 is 0 Å². The molecule has 2 rings (SSSR count). The smallest absolute Gasteiger partial charge is 0.294 e. The third-order valence-electron chi connectivity index (χ3n) is 2.82. The Morgan fingerprint density at radius 3 is 1.18 bits per heavy atom. The van der Waals surface area contributed by atoms with Crippen molar-refractivity contribution in [3.8, 4) is 22.6 Å². The van der Waals surface area contributed by atoms with Gasteiger partial charge in [-0.2, -0.15) is 16.8 Å². The first-order valence-corrected chi connectivity index (χ1v) is 8.49. The van der Waals surface area contributed by atoms with Crippen molar-refractivity contribution in [2.75, 3.05) is 0 Å². The molecule has 0 saturated carbocycles. The molecule has 0 amide bonds. The van der Waals surface area contributed by atoms with Gasteiger partial charge in [0.05, 0.1) is 9.79 Å². The summed E-state index contributed by atoms with van der Waals surface area (Å²) >= 11 is 0. The number of aromatic hydroxyl groups is 2. The molecule has 0 atom stereocenters. The van der Waals surface area contributed by atoms with Gasteiger partial charge in [-0.25, -0.2) is 0 Å². The molecular formula is C12H10O8S2. The van der Waals surface area contributed by atoms with E-state index < -0.39 is 41.5 Å². The topological polar surface area (TPSA) is 149 Å². The van der Waals surface area contributed by atoms with Crippen molar-refractivity contribution >= 4 is 20.2 Å². The van der Waals surface area contributed by atoms with Crippen LogP contribution in [-0.2, 0) is 20.2 Å². The number of phenols is 2. The second kappa shape index (κ2) is 5.25. The molecule has 8 nitrogen and oxygen atoms in total. The number of phenolic OH excluding ortho intramolecular Hbond substituents is 2. The maximum atomic E-state index is 11.0. The van der Waals surface area contributed by atoms with Gasteiger partial charge < -0.3 is 10.2 Å². The van der Waals surface area contributed by atoms with E-state index in [0.29, 0.717) is 0 Å². The molecule has 118 valence electrons. The molecule has 0 bridgehead atoms. The van der Waals surface area contributed by atoms with Gasteiger partial charge >= 0.3 is 0 Å². The molecule has 22 heavy (non-hydrogen) atoms. The Balaban J connectivity index is 2.59. The first kappa shape index (κ1) is 16.2. The van der Waals surface area contributed by atoms with Crippen LogP contribution in [-0.4, -0.2) is 36.2 Å². The fourth-order valence-corrected chi connectivity index (χ4v) is 2.80. The first-order valence-electron chi connectivity index (χ1n) is 5.61. The molecule has 0 fully saturated rings. The molecule has 0 aromatic heterocycles. The van der Waals surface area contributed by atoms with Crippen LogP contribution in [0.25, 0.3) is 11.1 Å². The minimum absolute atomic E-state index is 0.00628. The summed E-state index contributed by atoms with van der Waals surface area (Å²) in [6.45, 7) is 0. The van der Waals surface area contributed by atoms with E-state index in [1.807, 2.05) is 0 Å². The van der Waals surface area contributed by atoms with Gasteiger partial charge in [0.15, 0.2) is 0 Å². The van der Waals surface area contributed by atoms with Crippen molar-refractivity contribution < 1.29 is 36.2 Å². The Labute approximate surface area is 125 Å². The van der Waals surface area contributed by atoms with Crippen molar-refractivity contribution in [3.63, 3.8) is 0 Å². The molecule has 0 radical (unpaired) electrons. The zero-order chi connectivity index (χ0) is 16.7. The van der Waals surface area contributed by atoms with Crippen molar-refractivity contribution in [3.05, 3.63) is 36.4 Å². The number of rotatable bonds is 3. The summed E-state index contributed by atoms with van der Waals surface area (Å²) < 4.78 is 61.6. The Bertz CT molecular complexity index is 866. The average Bonchev–Trinajstić information content (AvgIpc) is 2.37. The lowest BCUT2D eigenvalue weighted by atomic mass is 10.0. The van der Waals surface area contributed by atoms with Crippen LogP contribution in [0.3, 0.4) is 0 Å². The number of hydrogen-bond donors (Lipinski definition) is 4. The highest BCUT2D eigenvalue weighted by molar-refractivity contribution is 7.86. The van der Waals surface area contributed by atoms with E-state index in [2.05, 4.69) is 0 Å². The van der Waals surface area contributed by atoms with Crippen LogP contribution in [0.4, 0.5) is 0 Å². The van der Waals surface area contributed by atoms with Crippen LogP contribution in [0.5, 0.6) is 11.5 Å². The van der Waals surface area contributed by atoms with Crippen LogP contribution in [0.2, 0.25) is 0 Å². The standard InChI is InChI=1S/C12H10O8S2/c13-11-5-7(21(15,16)17)1-3-9(11)10-4-2-8(6-12(10)14)22(18,19)20/h1-6,13-14H,(H,15,16,17)(H,18,19,20). The van der Waals surface area contributed by atoms with Crippen LogP contribution >= 0.6 is 0 Å². The minimum atomic E-state index is -4.50. The fraction of sp³-hybridized carbons (Fsp3) is 0. The second-order valence-electron chi connectivity index (χ2n) is 4.31. The third-order valence-corrected chi connectivity index (χ3v) is 4.52. The molecule has 0 heterocycles. The average molecular weight is 346 g/mol. The predicted octanol–water partition coefficient (Wildman–Crippen LogP) is 1.26. The SMILES string of the molecule is O=S(=O)(O)c1ccc(-c2ccc(S(=O)(=O)O)cc2O)c(O)c1. The number of benzene rings is 2. The van der Waals surface area contributed by atoms with Gasteiger partial charge in [-0.05, 0) is 24.3 Å². The number of hydrogen-bond acceptors (Lipinski definition) is 6. The Morgan fingerprint density at radius 1 is 0.636 bits per heavy atom. The Hall–Kier alpha value is -2.14. The zero-order valence-corrected chi connectivity index (χ0v) is 12.3. The highest BCUT2D eigenvalue weighted by Gasteiger charge is 2.17. The van der Waals surface area contributed by atoms with Crippen LogP contribution in [0.15, 0.2) is 46.2 Å². The van der Waals surface area contributed by atoms with Crippen molar-refractivity contribution in [1.29, 1.82) is 0 Å². The molecule has 2 aromatic carbocycles. The molecule has 0 aliphatic rings.